The van der Waals surface area contributed by atoms with Crippen molar-refractivity contribution in [2.75, 3.05) is 0 Å². The van der Waals surface area contributed by atoms with E-state index in [0.29, 0.717) is 74.5 Å². The highest BCUT2D eigenvalue weighted by molar-refractivity contribution is 9.10. The van der Waals surface area contributed by atoms with E-state index in [1.807, 2.05) is 6.07 Å². The minimum absolute atomic E-state index is 0.0398. The van der Waals surface area contributed by atoms with Gasteiger partial charge in [0.25, 0.3) is 0 Å². The standard InChI is InChI=1S/C26H22BrCl2FN2O3S/c27-14-10-19(30)23-20(11-14)36-25(31-23)26(33)8-6-15(7-9-26)34-12-16-22(32-35-24(16)13-4-5-13)21-17(28)2-1-3-18(21)29/h1-3,10-11,13,15,33H,4-9,12H2/t15-,26+. The molecule has 36 heavy (non-hydrogen) atoms. The molecule has 2 fully saturated rings. The van der Waals surface area contributed by atoms with Gasteiger partial charge in [-0.25, -0.2) is 9.37 Å². The highest BCUT2D eigenvalue weighted by Gasteiger charge is 2.39. The summed E-state index contributed by atoms with van der Waals surface area (Å²) >= 11 is 17.6. The Hall–Kier alpha value is -1.55. The number of ether oxygens (including phenoxy) is 1. The van der Waals surface area contributed by atoms with Crippen LogP contribution < -0.4 is 0 Å². The van der Waals surface area contributed by atoms with Crippen LogP contribution >= 0.6 is 50.5 Å². The van der Waals surface area contributed by atoms with Gasteiger partial charge in [-0.2, -0.15) is 0 Å². The van der Waals surface area contributed by atoms with Gasteiger partial charge >= 0.3 is 0 Å². The van der Waals surface area contributed by atoms with Gasteiger partial charge in [-0.05, 0) is 62.8 Å². The summed E-state index contributed by atoms with van der Waals surface area (Å²) in [5, 5.41) is 17.3. The van der Waals surface area contributed by atoms with Crippen molar-refractivity contribution in [3.63, 3.8) is 0 Å². The summed E-state index contributed by atoms with van der Waals surface area (Å²) < 4.78 is 27.8. The van der Waals surface area contributed by atoms with E-state index < -0.39 is 11.4 Å². The normalized spacial score (nSPS) is 22.4. The quantitative estimate of drug-likeness (QED) is 0.237. The van der Waals surface area contributed by atoms with Gasteiger partial charge in [0.15, 0.2) is 5.82 Å². The van der Waals surface area contributed by atoms with Crippen molar-refractivity contribution in [2.45, 2.75) is 62.8 Å². The Balaban J connectivity index is 1.18. The Bertz CT molecular complexity index is 1430. The molecule has 2 aliphatic rings. The second kappa shape index (κ2) is 9.64. The summed E-state index contributed by atoms with van der Waals surface area (Å²) in [5.74, 6) is 0.801. The molecule has 10 heteroatoms. The molecule has 0 aliphatic heterocycles. The van der Waals surface area contributed by atoms with Gasteiger partial charge in [-0.1, -0.05) is 50.4 Å². The maximum Gasteiger partial charge on any atom is 0.151 e. The number of nitrogens with zero attached hydrogens (tertiary/aromatic N) is 2. The number of fused-ring (bicyclic) bond motifs is 1. The lowest BCUT2D eigenvalue weighted by Crippen LogP contribution is -2.34. The summed E-state index contributed by atoms with van der Waals surface area (Å²) in [6.45, 7) is 0.329. The number of hydrogen-bond acceptors (Lipinski definition) is 6. The van der Waals surface area contributed by atoms with Crippen LogP contribution in [0.15, 0.2) is 39.3 Å². The summed E-state index contributed by atoms with van der Waals surface area (Å²) in [4.78, 5) is 4.45. The fourth-order valence-electron chi connectivity index (χ4n) is 4.86. The third kappa shape index (κ3) is 4.61. The first-order valence-corrected chi connectivity index (χ1v) is 14.2. The monoisotopic (exact) mass is 610 g/mol. The molecule has 1 N–H and O–H groups in total. The zero-order valence-electron chi connectivity index (χ0n) is 19.1. The SMILES string of the molecule is O[C@]1(c2nc3c(F)cc(Br)cc3s2)CC[C@H](OCc2c(-c3c(Cl)cccc3Cl)noc2C2CC2)CC1. The van der Waals surface area contributed by atoms with Gasteiger partial charge in [-0.15, -0.1) is 11.3 Å². The highest BCUT2D eigenvalue weighted by Crippen LogP contribution is 2.47. The van der Waals surface area contributed by atoms with Gasteiger partial charge in [0.2, 0.25) is 0 Å². The number of rotatable bonds is 6. The molecule has 0 spiro atoms. The van der Waals surface area contributed by atoms with E-state index >= 15 is 0 Å². The molecule has 0 bridgehead atoms. The van der Waals surface area contributed by atoms with Crippen molar-refractivity contribution >= 4 is 60.7 Å². The van der Waals surface area contributed by atoms with Crippen molar-refractivity contribution in [2.24, 2.45) is 0 Å². The first-order valence-electron chi connectivity index (χ1n) is 11.9. The van der Waals surface area contributed by atoms with E-state index in [2.05, 4.69) is 26.1 Å². The molecule has 0 amide bonds. The summed E-state index contributed by atoms with van der Waals surface area (Å²) in [5.41, 5.74) is 1.39. The molecule has 2 heterocycles. The Kier molecular flexibility index (Phi) is 6.63. The molecule has 4 aromatic rings. The number of thiazole rings is 1. The molecule has 6 rings (SSSR count). The summed E-state index contributed by atoms with van der Waals surface area (Å²) in [6, 6.07) is 8.59. The minimum Gasteiger partial charge on any atom is -0.383 e. The molecule has 2 aromatic carbocycles. The van der Waals surface area contributed by atoms with E-state index in [1.54, 1.807) is 18.2 Å². The van der Waals surface area contributed by atoms with Gasteiger partial charge in [0.05, 0.1) is 27.5 Å². The van der Waals surface area contributed by atoms with Crippen molar-refractivity contribution < 1.29 is 18.8 Å². The predicted molar refractivity (Wildman–Crippen MR) is 142 cm³/mol. The molecular formula is C26H22BrCl2FN2O3S. The first-order chi connectivity index (χ1) is 17.3. The van der Waals surface area contributed by atoms with Crippen molar-refractivity contribution in [1.29, 1.82) is 0 Å². The molecule has 188 valence electrons. The largest absolute Gasteiger partial charge is 0.383 e. The van der Waals surface area contributed by atoms with Crippen LogP contribution in [0.25, 0.3) is 21.5 Å². The molecule has 2 aromatic heterocycles. The van der Waals surface area contributed by atoms with Crippen LogP contribution in [-0.2, 0) is 16.9 Å². The van der Waals surface area contributed by atoms with Gasteiger partial charge in [0.1, 0.15) is 27.6 Å². The molecule has 0 saturated heterocycles. The number of aliphatic hydroxyl groups is 1. The van der Waals surface area contributed by atoms with Crippen LogP contribution in [0.2, 0.25) is 10.0 Å². The lowest BCUT2D eigenvalue weighted by molar-refractivity contribution is -0.0641. The third-order valence-electron chi connectivity index (χ3n) is 7.00. The second-order valence-corrected chi connectivity index (χ2v) is 12.3. The predicted octanol–water partition coefficient (Wildman–Crippen LogP) is 8.38. The Morgan fingerprint density at radius 1 is 1.17 bits per heavy atom. The average Bonchev–Trinajstić information content (AvgIpc) is 3.45. The molecule has 2 saturated carbocycles. The van der Waals surface area contributed by atoms with E-state index in [4.69, 9.17) is 32.5 Å². The number of benzene rings is 2. The van der Waals surface area contributed by atoms with Gasteiger partial charge < -0.3 is 14.4 Å². The zero-order valence-corrected chi connectivity index (χ0v) is 23.0. The Morgan fingerprint density at radius 2 is 1.89 bits per heavy atom. The zero-order chi connectivity index (χ0) is 25.0. The maximum absolute atomic E-state index is 14.3. The van der Waals surface area contributed by atoms with Crippen LogP contribution in [0.1, 0.15) is 60.8 Å². The Morgan fingerprint density at radius 3 is 2.58 bits per heavy atom. The van der Waals surface area contributed by atoms with Crippen LogP contribution in [0, 0.1) is 5.82 Å². The van der Waals surface area contributed by atoms with Gasteiger partial charge in [-0.3, -0.25) is 0 Å². The van der Waals surface area contributed by atoms with Crippen LogP contribution in [0.4, 0.5) is 4.39 Å². The number of aromatic nitrogens is 2. The lowest BCUT2D eigenvalue weighted by Gasteiger charge is -2.34. The highest BCUT2D eigenvalue weighted by atomic mass is 79.9. The smallest absolute Gasteiger partial charge is 0.151 e. The van der Waals surface area contributed by atoms with Crippen LogP contribution in [0.5, 0.6) is 0 Å². The fraction of sp³-hybridized carbons (Fsp3) is 0.385. The minimum atomic E-state index is -1.09. The van der Waals surface area contributed by atoms with Crippen LogP contribution in [-0.4, -0.2) is 21.4 Å². The first kappa shape index (κ1) is 24.8. The molecule has 2 aliphatic carbocycles. The summed E-state index contributed by atoms with van der Waals surface area (Å²) in [6.07, 6.45) is 4.38. The number of halogens is 4. The second-order valence-electron chi connectivity index (χ2n) is 9.54. The van der Waals surface area contributed by atoms with Crippen LogP contribution in [0.3, 0.4) is 0 Å². The third-order valence-corrected chi connectivity index (χ3v) is 9.28. The number of hydrogen-bond donors (Lipinski definition) is 1. The van der Waals surface area contributed by atoms with Crippen molar-refractivity contribution in [3.05, 3.63) is 67.0 Å². The van der Waals surface area contributed by atoms with E-state index in [9.17, 15) is 9.50 Å². The van der Waals surface area contributed by atoms with E-state index in [-0.39, 0.29) is 6.10 Å². The molecule has 0 radical (unpaired) electrons. The molecular weight excluding hydrogens is 590 g/mol. The topological polar surface area (TPSA) is 68.4 Å². The molecule has 5 nitrogen and oxygen atoms in total. The Labute approximate surface area is 229 Å². The molecule has 0 atom stereocenters. The summed E-state index contributed by atoms with van der Waals surface area (Å²) in [7, 11) is 0. The van der Waals surface area contributed by atoms with Crippen molar-refractivity contribution in [1.82, 2.24) is 10.1 Å². The average molecular weight is 612 g/mol. The van der Waals surface area contributed by atoms with E-state index in [1.165, 1.54) is 17.4 Å². The molecule has 0 unspecified atom stereocenters. The van der Waals surface area contributed by atoms with Gasteiger partial charge in [0, 0.05) is 21.5 Å². The lowest BCUT2D eigenvalue weighted by atomic mass is 9.83. The maximum atomic E-state index is 14.3. The fourth-order valence-corrected chi connectivity index (χ4v) is 7.18. The van der Waals surface area contributed by atoms with E-state index in [0.717, 1.165) is 28.9 Å². The van der Waals surface area contributed by atoms with Crippen molar-refractivity contribution in [3.8, 4) is 11.3 Å².